The second-order valence-corrected chi connectivity index (χ2v) is 9.27. The zero-order chi connectivity index (χ0) is 23.8. The number of carbonyl (C=O) groups excluding carboxylic acids is 1. The van der Waals surface area contributed by atoms with Crippen molar-refractivity contribution in [3.8, 4) is 0 Å². The van der Waals surface area contributed by atoms with E-state index in [-0.39, 0.29) is 11.2 Å². The summed E-state index contributed by atoms with van der Waals surface area (Å²) in [6.07, 6.45) is 2.86. The van der Waals surface area contributed by atoms with Gasteiger partial charge in [-0.2, -0.15) is 0 Å². The molecule has 0 amide bonds. The Morgan fingerprint density at radius 1 is 0.886 bits per heavy atom. The third kappa shape index (κ3) is 4.12. The van der Waals surface area contributed by atoms with Gasteiger partial charge in [-0.05, 0) is 52.6 Å². The Labute approximate surface area is 203 Å². The maximum atomic E-state index is 13.3. The Kier molecular flexibility index (Phi) is 5.42. The summed E-state index contributed by atoms with van der Waals surface area (Å²) < 4.78 is 5.48. The van der Waals surface area contributed by atoms with Crippen LogP contribution in [0.2, 0.25) is 0 Å². The molecular weight excluding hydrogens is 434 g/mol. The van der Waals surface area contributed by atoms with Gasteiger partial charge in [0.15, 0.2) is 11.2 Å². The Hall–Kier alpha value is -4.18. The molecule has 4 aromatic carbocycles. The average Bonchev–Trinajstić information content (AvgIpc) is 3.39. The average molecular weight is 460 g/mol. The monoisotopic (exact) mass is 459 g/mol. The highest BCUT2D eigenvalue weighted by molar-refractivity contribution is 6.03. The number of hydrogen-bond donors (Lipinski definition) is 0. The van der Waals surface area contributed by atoms with Crippen LogP contribution < -0.4 is 10.3 Å². The Morgan fingerprint density at radius 2 is 1.71 bits per heavy atom. The summed E-state index contributed by atoms with van der Waals surface area (Å²) >= 11 is 0. The molecule has 0 radical (unpaired) electrons. The minimum atomic E-state index is -0.0850. The van der Waals surface area contributed by atoms with E-state index in [2.05, 4.69) is 47.4 Å². The molecule has 0 saturated carbocycles. The van der Waals surface area contributed by atoms with Gasteiger partial charge < -0.3 is 9.32 Å². The molecule has 0 aliphatic carbocycles. The summed E-state index contributed by atoms with van der Waals surface area (Å²) in [6, 6.07) is 29.7. The smallest absolute Gasteiger partial charge is 0.192 e. The molecule has 1 aliphatic heterocycles. The first kappa shape index (κ1) is 21.4. The van der Waals surface area contributed by atoms with Gasteiger partial charge in [-0.15, -0.1) is 0 Å². The van der Waals surface area contributed by atoms with Crippen LogP contribution in [0.25, 0.3) is 21.7 Å². The first-order valence-corrected chi connectivity index (χ1v) is 12.0. The van der Waals surface area contributed by atoms with Crippen molar-refractivity contribution in [3.63, 3.8) is 0 Å². The van der Waals surface area contributed by atoms with E-state index < -0.39 is 0 Å². The molecule has 35 heavy (non-hydrogen) atoms. The van der Waals surface area contributed by atoms with Gasteiger partial charge in [-0.25, -0.2) is 0 Å². The van der Waals surface area contributed by atoms with Crippen molar-refractivity contribution in [2.24, 2.45) is 0 Å². The fraction of sp³-hybridized carbons (Fsp3) is 0.161. The van der Waals surface area contributed by atoms with E-state index in [4.69, 9.17) is 4.42 Å². The summed E-state index contributed by atoms with van der Waals surface area (Å²) in [5.41, 5.74) is 4.68. The van der Waals surface area contributed by atoms with E-state index in [0.717, 1.165) is 41.5 Å². The topological polar surface area (TPSA) is 50.5 Å². The van der Waals surface area contributed by atoms with Crippen molar-refractivity contribution >= 4 is 33.2 Å². The van der Waals surface area contributed by atoms with Crippen molar-refractivity contribution in [2.75, 3.05) is 18.0 Å². The second kappa shape index (κ2) is 8.88. The standard InChI is InChI=1S/C31H25NO3/c33-29-13-15-35-31-19-22-10-11-24(16-26(22)17-27(29)31)30(34)18-23-8-4-5-9-28(23)32-14-12-25(20-32)21-6-2-1-3-7-21/h1-11,13,15-17,19,25H,12,14,18,20H2. The third-order valence-electron chi connectivity index (χ3n) is 7.08. The van der Waals surface area contributed by atoms with Crippen LogP contribution in [-0.2, 0) is 6.42 Å². The number of nitrogens with zero attached hydrogens (tertiary/aromatic N) is 1. The van der Waals surface area contributed by atoms with Gasteiger partial charge in [0.05, 0.1) is 11.6 Å². The minimum Gasteiger partial charge on any atom is -0.464 e. The molecule has 1 unspecified atom stereocenters. The summed E-state index contributed by atoms with van der Waals surface area (Å²) in [5.74, 6) is 0.575. The Morgan fingerprint density at radius 3 is 2.60 bits per heavy atom. The molecule has 0 bridgehead atoms. The molecule has 1 aromatic heterocycles. The SMILES string of the molecule is O=C(Cc1ccccc1N1CCC(c2ccccc2)C1)c1ccc2cc3occc(=O)c3cc2c1. The number of hydrogen-bond acceptors (Lipinski definition) is 4. The fourth-order valence-electron chi connectivity index (χ4n) is 5.22. The van der Waals surface area contributed by atoms with Crippen molar-refractivity contribution < 1.29 is 9.21 Å². The molecule has 1 saturated heterocycles. The lowest BCUT2D eigenvalue weighted by molar-refractivity contribution is 0.0993. The number of para-hydroxylation sites is 1. The van der Waals surface area contributed by atoms with Crippen molar-refractivity contribution in [1.82, 2.24) is 0 Å². The van der Waals surface area contributed by atoms with E-state index in [0.29, 0.717) is 28.9 Å². The van der Waals surface area contributed by atoms with Gasteiger partial charge in [0.1, 0.15) is 5.58 Å². The molecule has 172 valence electrons. The molecule has 1 fully saturated rings. The van der Waals surface area contributed by atoms with E-state index in [1.54, 1.807) is 0 Å². The van der Waals surface area contributed by atoms with Crippen LogP contribution in [0.5, 0.6) is 0 Å². The molecule has 6 rings (SSSR count). The zero-order valence-corrected chi connectivity index (χ0v) is 19.3. The van der Waals surface area contributed by atoms with Crippen LogP contribution >= 0.6 is 0 Å². The summed E-state index contributed by atoms with van der Waals surface area (Å²) in [6.45, 7) is 1.94. The summed E-state index contributed by atoms with van der Waals surface area (Å²) in [7, 11) is 0. The molecule has 2 heterocycles. The summed E-state index contributed by atoms with van der Waals surface area (Å²) in [5, 5.41) is 2.32. The lowest BCUT2D eigenvalue weighted by Crippen LogP contribution is -2.21. The van der Waals surface area contributed by atoms with Crippen LogP contribution in [0.1, 0.15) is 33.8 Å². The Bertz CT molecular complexity index is 1600. The number of rotatable bonds is 5. The van der Waals surface area contributed by atoms with Crippen molar-refractivity contribution in [1.29, 1.82) is 0 Å². The van der Waals surface area contributed by atoms with Crippen LogP contribution in [0.15, 0.2) is 106 Å². The van der Waals surface area contributed by atoms with Gasteiger partial charge in [-0.3, -0.25) is 9.59 Å². The Balaban J connectivity index is 1.26. The number of carbonyl (C=O) groups is 1. The van der Waals surface area contributed by atoms with Crippen molar-refractivity contribution in [2.45, 2.75) is 18.8 Å². The van der Waals surface area contributed by atoms with Crippen LogP contribution in [0.3, 0.4) is 0 Å². The second-order valence-electron chi connectivity index (χ2n) is 9.27. The van der Waals surface area contributed by atoms with Gasteiger partial charge >= 0.3 is 0 Å². The number of ketones is 1. The lowest BCUT2D eigenvalue weighted by Gasteiger charge is -2.22. The molecular formula is C31H25NO3. The number of anilines is 1. The van der Waals surface area contributed by atoms with Gasteiger partial charge in [-0.1, -0.05) is 60.7 Å². The fourth-order valence-corrected chi connectivity index (χ4v) is 5.22. The number of fused-ring (bicyclic) bond motifs is 2. The highest BCUT2D eigenvalue weighted by atomic mass is 16.3. The van der Waals surface area contributed by atoms with E-state index >= 15 is 0 Å². The predicted octanol–water partition coefficient (Wildman–Crippen LogP) is 6.37. The molecule has 5 aromatic rings. The molecule has 1 atom stereocenters. The highest BCUT2D eigenvalue weighted by Crippen LogP contribution is 2.33. The quantitative estimate of drug-likeness (QED) is 0.226. The largest absolute Gasteiger partial charge is 0.464 e. The first-order chi connectivity index (χ1) is 17.2. The molecule has 0 N–H and O–H groups in total. The highest BCUT2D eigenvalue weighted by Gasteiger charge is 2.25. The first-order valence-electron chi connectivity index (χ1n) is 12.0. The number of Topliss-reactive ketones (excluding diaryl/α,β-unsaturated/α-hetero) is 1. The van der Waals surface area contributed by atoms with Crippen LogP contribution in [-0.4, -0.2) is 18.9 Å². The summed E-state index contributed by atoms with van der Waals surface area (Å²) in [4.78, 5) is 28.0. The van der Waals surface area contributed by atoms with E-state index in [9.17, 15) is 9.59 Å². The van der Waals surface area contributed by atoms with Gasteiger partial charge in [0.25, 0.3) is 0 Å². The van der Waals surface area contributed by atoms with Crippen molar-refractivity contribution in [3.05, 3.63) is 124 Å². The molecule has 1 aliphatic rings. The predicted molar refractivity (Wildman–Crippen MR) is 140 cm³/mol. The molecule has 4 nitrogen and oxygen atoms in total. The zero-order valence-electron chi connectivity index (χ0n) is 19.3. The number of benzene rings is 4. The lowest BCUT2D eigenvalue weighted by atomic mass is 9.97. The van der Waals surface area contributed by atoms with E-state index in [1.165, 1.54) is 17.9 Å². The maximum Gasteiger partial charge on any atom is 0.192 e. The van der Waals surface area contributed by atoms with Crippen LogP contribution in [0.4, 0.5) is 5.69 Å². The van der Waals surface area contributed by atoms with Crippen LogP contribution in [0, 0.1) is 0 Å². The van der Waals surface area contributed by atoms with E-state index in [1.807, 2.05) is 42.5 Å². The van der Waals surface area contributed by atoms with Gasteiger partial charge in [0.2, 0.25) is 0 Å². The van der Waals surface area contributed by atoms with Gasteiger partial charge in [0, 0.05) is 42.7 Å². The molecule has 4 heteroatoms. The minimum absolute atomic E-state index is 0.0679. The normalized spacial score (nSPS) is 15.7. The maximum absolute atomic E-state index is 13.3. The third-order valence-corrected chi connectivity index (χ3v) is 7.08. The molecule has 0 spiro atoms.